The van der Waals surface area contributed by atoms with Gasteiger partial charge in [-0.3, -0.25) is 0 Å². The molecule has 0 saturated heterocycles. The van der Waals surface area contributed by atoms with Crippen LogP contribution in [-0.4, -0.2) is 31.6 Å². The van der Waals surface area contributed by atoms with E-state index in [9.17, 15) is 4.70 Å². The summed E-state index contributed by atoms with van der Waals surface area (Å²) in [6, 6.07) is 0. The van der Waals surface area contributed by atoms with Gasteiger partial charge < -0.3 is 0 Å². The van der Waals surface area contributed by atoms with Crippen molar-refractivity contribution in [1.82, 2.24) is 4.90 Å². The monoisotopic (exact) mass is 123 g/mol. The van der Waals surface area contributed by atoms with Crippen LogP contribution in [0.25, 0.3) is 0 Å². The molecule has 0 aromatic heterocycles. The summed E-state index contributed by atoms with van der Waals surface area (Å²) in [5.74, 6) is 0. The van der Waals surface area contributed by atoms with Gasteiger partial charge in [-0.15, -0.1) is 0 Å². The van der Waals surface area contributed by atoms with Crippen LogP contribution >= 0.6 is 0 Å². The molecule has 0 unspecified atom stereocenters. The molecule has 1 rings (SSSR count). The summed E-state index contributed by atoms with van der Waals surface area (Å²) in [7, 11) is 0.958. The van der Waals surface area contributed by atoms with E-state index in [-0.39, 0.29) is 0 Å². The fourth-order valence-corrected chi connectivity index (χ4v) is 0.961. The van der Waals surface area contributed by atoms with Gasteiger partial charge in [0.25, 0.3) is 0 Å². The SMILES string of the molecule is O=BCN1CC=CCC1. The summed E-state index contributed by atoms with van der Waals surface area (Å²) in [6.07, 6.45) is 5.94. The molecule has 0 aromatic carbocycles. The van der Waals surface area contributed by atoms with Crippen molar-refractivity contribution in [1.29, 1.82) is 0 Å². The third-order valence-corrected chi connectivity index (χ3v) is 1.48. The van der Waals surface area contributed by atoms with Crippen molar-refractivity contribution in [3.63, 3.8) is 0 Å². The van der Waals surface area contributed by atoms with E-state index in [1.165, 1.54) is 0 Å². The molecule has 9 heavy (non-hydrogen) atoms. The molecule has 1 heterocycles. The second-order valence-corrected chi connectivity index (χ2v) is 2.19. The summed E-state index contributed by atoms with van der Waals surface area (Å²) < 4.78 is 10.0. The normalized spacial score (nSPS) is 19.6. The minimum absolute atomic E-state index is 0.588. The van der Waals surface area contributed by atoms with Crippen LogP contribution in [0.15, 0.2) is 12.2 Å². The Morgan fingerprint density at radius 3 is 3.00 bits per heavy atom. The number of nitrogens with zero attached hydrogens (tertiary/aromatic N) is 1. The fraction of sp³-hybridized carbons (Fsp3) is 0.667. The van der Waals surface area contributed by atoms with Crippen LogP contribution in [0.3, 0.4) is 0 Å². The van der Waals surface area contributed by atoms with Crippen LogP contribution < -0.4 is 0 Å². The molecular weight excluding hydrogens is 113 g/mol. The topological polar surface area (TPSA) is 20.3 Å². The summed E-state index contributed by atoms with van der Waals surface area (Å²) in [6.45, 7) is 1.98. The third-order valence-electron chi connectivity index (χ3n) is 1.48. The van der Waals surface area contributed by atoms with Crippen LogP contribution in [0, 0.1) is 0 Å². The average molecular weight is 123 g/mol. The molecule has 0 atom stereocenters. The van der Waals surface area contributed by atoms with Crippen LogP contribution in [0.1, 0.15) is 6.42 Å². The van der Waals surface area contributed by atoms with Gasteiger partial charge in [-0.2, -0.15) is 0 Å². The summed E-state index contributed by atoms with van der Waals surface area (Å²) in [5.41, 5.74) is 0. The number of rotatable bonds is 2. The first-order chi connectivity index (χ1) is 4.43. The molecule has 0 aromatic rings. The Balaban J connectivity index is 2.26. The number of hydrogen-bond acceptors (Lipinski definition) is 2. The van der Waals surface area contributed by atoms with Crippen LogP contribution in [0.2, 0.25) is 0 Å². The molecule has 0 spiro atoms. The Morgan fingerprint density at radius 1 is 1.56 bits per heavy atom. The van der Waals surface area contributed by atoms with E-state index in [1.54, 1.807) is 0 Å². The predicted molar refractivity (Wildman–Crippen MR) is 36.6 cm³/mol. The van der Waals surface area contributed by atoms with Crippen molar-refractivity contribution in [2.24, 2.45) is 0 Å². The molecule has 0 fully saturated rings. The van der Waals surface area contributed by atoms with Crippen molar-refractivity contribution >= 4 is 7.15 Å². The van der Waals surface area contributed by atoms with E-state index in [4.69, 9.17) is 0 Å². The third kappa shape index (κ3) is 2.10. The first-order valence-electron chi connectivity index (χ1n) is 3.24. The number of hydrogen-bond donors (Lipinski definition) is 0. The van der Waals surface area contributed by atoms with Crippen molar-refractivity contribution in [2.45, 2.75) is 6.42 Å². The van der Waals surface area contributed by atoms with Crippen LogP contribution in [-0.2, 0) is 4.70 Å². The van der Waals surface area contributed by atoms with Crippen LogP contribution in [0.4, 0.5) is 0 Å². The molecule has 0 aliphatic carbocycles. The Labute approximate surface area is 55.8 Å². The molecule has 0 amide bonds. The molecule has 0 saturated carbocycles. The molecule has 0 bridgehead atoms. The van der Waals surface area contributed by atoms with E-state index in [2.05, 4.69) is 17.1 Å². The van der Waals surface area contributed by atoms with Gasteiger partial charge in [-0.05, 0) is 0 Å². The van der Waals surface area contributed by atoms with Crippen LogP contribution in [0.5, 0.6) is 0 Å². The molecule has 48 valence electrons. The fourth-order valence-electron chi connectivity index (χ4n) is 0.961. The van der Waals surface area contributed by atoms with E-state index in [0.29, 0.717) is 6.44 Å². The van der Waals surface area contributed by atoms with Crippen molar-refractivity contribution < 1.29 is 4.70 Å². The standard InChI is InChI=1S/C6H10BNO/c9-7-6-8-4-2-1-3-5-8/h1-2H,3-6H2. The Hall–Kier alpha value is -0.435. The van der Waals surface area contributed by atoms with Crippen molar-refractivity contribution in [3.8, 4) is 0 Å². The summed E-state index contributed by atoms with van der Waals surface area (Å²) in [4.78, 5) is 2.12. The molecule has 0 N–H and O–H groups in total. The molecule has 0 radical (unpaired) electrons. The van der Waals surface area contributed by atoms with Gasteiger partial charge in [0.2, 0.25) is 0 Å². The second-order valence-electron chi connectivity index (χ2n) is 2.19. The van der Waals surface area contributed by atoms with E-state index in [0.717, 1.165) is 26.7 Å². The zero-order chi connectivity index (χ0) is 6.53. The van der Waals surface area contributed by atoms with Gasteiger partial charge in [-0.25, -0.2) is 0 Å². The van der Waals surface area contributed by atoms with Gasteiger partial charge in [0.05, 0.1) is 0 Å². The zero-order valence-electron chi connectivity index (χ0n) is 5.42. The Bertz CT molecular complexity index is 124. The summed E-state index contributed by atoms with van der Waals surface area (Å²) in [5, 5.41) is 0. The average Bonchev–Trinajstić information content (AvgIpc) is 1.91. The molecule has 1 aliphatic rings. The van der Waals surface area contributed by atoms with Gasteiger partial charge >= 0.3 is 54.9 Å². The van der Waals surface area contributed by atoms with Crippen molar-refractivity contribution in [2.75, 3.05) is 19.5 Å². The maximum atomic E-state index is 10.0. The molecular formula is C6H10BNO. The summed E-state index contributed by atoms with van der Waals surface area (Å²) >= 11 is 0. The van der Waals surface area contributed by atoms with Crippen molar-refractivity contribution in [3.05, 3.63) is 12.2 Å². The minimum atomic E-state index is 0.588. The van der Waals surface area contributed by atoms with E-state index < -0.39 is 0 Å². The quantitative estimate of drug-likeness (QED) is 0.387. The van der Waals surface area contributed by atoms with Gasteiger partial charge in [0.1, 0.15) is 0 Å². The zero-order valence-corrected chi connectivity index (χ0v) is 5.42. The first kappa shape index (κ1) is 6.68. The first-order valence-corrected chi connectivity index (χ1v) is 3.24. The van der Waals surface area contributed by atoms with E-state index in [1.807, 2.05) is 0 Å². The predicted octanol–water partition coefficient (Wildman–Crippen LogP) is 0.255. The molecule has 1 aliphatic heterocycles. The Kier molecular flexibility index (Phi) is 2.65. The van der Waals surface area contributed by atoms with Gasteiger partial charge in [-0.1, -0.05) is 0 Å². The molecule has 3 heteroatoms. The van der Waals surface area contributed by atoms with Gasteiger partial charge in [0, 0.05) is 0 Å². The second kappa shape index (κ2) is 3.56. The maximum absolute atomic E-state index is 10.0. The van der Waals surface area contributed by atoms with Gasteiger partial charge in [0.15, 0.2) is 0 Å². The van der Waals surface area contributed by atoms with E-state index >= 15 is 0 Å². The molecule has 2 nitrogen and oxygen atoms in total. The Morgan fingerprint density at radius 2 is 2.44 bits per heavy atom.